The summed E-state index contributed by atoms with van der Waals surface area (Å²) < 4.78 is 23.2. The van der Waals surface area contributed by atoms with E-state index in [4.69, 9.17) is 24.7 Å². The van der Waals surface area contributed by atoms with Gasteiger partial charge in [-0.2, -0.15) is 9.97 Å². The Morgan fingerprint density at radius 3 is 2.00 bits per heavy atom. The maximum absolute atomic E-state index is 13.8. The van der Waals surface area contributed by atoms with E-state index in [1.165, 1.54) is 31.8 Å². The van der Waals surface area contributed by atoms with Crippen LogP contribution in [0.2, 0.25) is 0 Å². The van der Waals surface area contributed by atoms with E-state index in [0.717, 1.165) is 6.08 Å². The fourth-order valence-corrected chi connectivity index (χ4v) is 5.76. The first-order chi connectivity index (χ1) is 32.0. The number of aliphatic hydroxyl groups is 1. The number of carbonyl (C=O) groups excluding carboxylic acids is 3. The van der Waals surface area contributed by atoms with E-state index in [-0.39, 0.29) is 47.1 Å². The van der Waals surface area contributed by atoms with Crippen molar-refractivity contribution in [1.82, 2.24) is 29.9 Å². The number of hydrogen-bond donors (Lipinski definition) is 7. The zero-order valence-electron chi connectivity index (χ0n) is 35.0. The summed E-state index contributed by atoms with van der Waals surface area (Å²) in [4.78, 5) is 63.6. The topological polar surface area (TPSA) is 272 Å². The second-order valence-electron chi connectivity index (χ2n) is 13.7. The monoisotopic (exact) mass is 888 g/mol. The van der Waals surface area contributed by atoms with E-state index in [1.54, 1.807) is 97.3 Å². The predicted octanol–water partition coefficient (Wildman–Crippen LogP) is 7.11. The third-order valence-electron chi connectivity index (χ3n) is 8.87. The fourth-order valence-electron chi connectivity index (χ4n) is 5.76. The van der Waals surface area contributed by atoms with Gasteiger partial charge in [-0.3, -0.25) is 19.4 Å². The molecule has 0 aliphatic rings. The van der Waals surface area contributed by atoms with Gasteiger partial charge in [0.25, 0.3) is 11.8 Å². The van der Waals surface area contributed by atoms with Crippen molar-refractivity contribution in [3.63, 3.8) is 0 Å². The van der Waals surface area contributed by atoms with Crippen molar-refractivity contribution in [3.05, 3.63) is 164 Å². The highest BCUT2D eigenvalue weighted by Gasteiger charge is 2.20. The Balaban J connectivity index is 1.01. The highest BCUT2D eigenvalue weighted by molar-refractivity contribution is 6.06. The van der Waals surface area contributed by atoms with Gasteiger partial charge in [-0.15, -0.1) is 0 Å². The lowest BCUT2D eigenvalue weighted by atomic mass is 10.2. The number of rotatable bonds is 20. The molecule has 0 radical (unpaired) electrons. The number of pyridine rings is 2. The van der Waals surface area contributed by atoms with Crippen molar-refractivity contribution in [2.75, 3.05) is 33.7 Å². The molecule has 66 heavy (non-hydrogen) atoms. The van der Waals surface area contributed by atoms with E-state index in [2.05, 4.69) is 69.6 Å². The van der Waals surface area contributed by atoms with E-state index in [1.807, 2.05) is 6.07 Å². The molecule has 0 aliphatic carbocycles. The third-order valence-corrected chi connectivity index (χ3v) is 8.87. The Bertz CT molecular complexity index is 2900. The minimum atomic E-state index is -1.000. The standard InChI is InChI=1S/C46H40N12O8/c1-4-38(59)52-29-11-7-13-33(18-29)65-43-36(41(47)61)24-50-45(57-43)55-31-15-16-40(49-22-31)64-26-27-9-6-10-28(17-27)54-42(62)37-25-51-46(56-32-20-35(63-3)23-48-21-32)58-44(37)66-34-14-8-12-30(19-34)53-39(60)5-2/h4-25,39,53,60H,1-2,26H2,3H3,(H2,47,61)(H,52,59)(H,54,62)(H,50,55,57)(H,51,56,58). The molecule has 7 rings (SSSR count). The Hall–Kier alpha value is -9.43. The lowest BCUT2D eigenvalue weighted by molar-refractivity contribution is -0.111. The van der Waals surface area contributed by atoms with Crippen LogP contribution in [0.25, 0.3) is 0 Å². The average Bonchev–Trinajstić information content (AvgIpc) is 3.31. The number of anilines is 7. The van der Waals surface area contributed by atoms with Crippen LogP contribution in [0.4, 0.5) is 40.3 Å². The van der Waals surface area contributed by atoms with Crippen LogP contribution in [0.5, 0.6) is 34.9 Å². The Kier molecular flexibility index (Phi) is 14.3. The molecule has 0 fully saturated rings. The van der Waals surface area contributed by atoms with Crippen LogP contribution in [0.15, 0.2) is 147 Å². The summed E-state index contributed by atoms with van der Waals surface area (Å²) in [6, 6.07) is 25.2. The molecule has 4 heterocycles. The van der Waals surface area contributed by atoms with Gasteiger partial charge in [0.1, 0.15) is 41.2 Å². The zero-order chi connectivity index (χ0) is 46.4. The lowest BCUT2D eigenvalue weighted by Gasteiger charge is -2.14. The molecule has 0 saturated heterocycles. The maximum Gasteiger partial charge on any atom is 0.262 e. The number of carbonyl (C=O) groups is 3. The molecule has 7 aromatic rings. The highest BCUT2D eigenvalue weighted by atomic mass is 16.5. The molecule has 3 amide bonds. The minimum Gasteiger partial charge on any atom is -0.495 e. The molecule has 3 aromatic carbocycles. The summed E-state index contributed by atoms with van der Waals surface area (Å²) >= 11 is 0. The molecule has 20 heteroatoms. The number of hydrogen-bond acceptors (Lipinski definition) is 17. The molecule has 0 spiro atoms. The first-order valence-electron chi connectivity index (χ1n) is 19.7. The second-order valence-corrected chi connectivity index (χ2v) is 13.7. The Morgan fingerprint density at radius 2 is 1.33 bits per heavy atom. The molecule has 0 saturated carbocycles. The van der Waals surface area contributed by atoms with E-state index < -0.39 is 23.9 Å². The molecular weight excluding hydrogens is 849 g/mol. The van der Waals surface area contributed by atoms with Crippen molar-refractivity contribution in [1.29, 1.82) is 0 Å². The molecule has 1 atom stereocenters. The lowest BCUT2D eigenvalue weighted by Crippen LogP contribution is -2.15. The summed E-state index contributed by atoms with van der Waals surface area (Å²) in [5.41, 5.74) is 8.66. The van der Waals surface area contributed by atoms with Gasteiger partial charge in [0.2, 0.25) is 35.4 Å². The summed E-state index contributed by atoms with van der Waals surface area (Å²) in [6.07, 6.45) is 8.63. The van der Waals surface area contributed by atoms with Crippen LogP contribution in [-0.2, 0) is 11.4 Å². The SMILES string of the molecule is C=CC(=O)Nc1cccc(Oc2nc(Nc3ccc(OCc4cccc(NC(=O)c5cnc(Nc6cncc(OC)c6)nc5Oc5cccc(NC(O)C=C)c5)c4)nc3)ncc2C(N)=O)c1. The van der Waals surface area contributed by atoms with E-state index >= 15 is 0 Å². The number of amides is 3. The summed E-state index contributed by atoms with van der Waals surface area (Å²) in [5.74, 6) is -0.362. The van der Waals surface area contributed by atoms with Crippen molar-refractivity contribution in [2.45, 2.75) is 12.8 Å². The molecular formula is C46H40N12O8. The van der Waals surface area contributed by atoms with Crippen LogP contribution in [0.1, 0.15) is 26.3 Å². The first kappa shape index (κ1) is 44.6. The largest absolute Gasteiger partial charge is 0.495 e. The molecule has 20 nitrogen and oxygen atoms in total. The second kappa shape index (κ2) is 21.1. The van der Waals surface area contributed by atoms with Gasteiger partial charge in [0.15, 0.2) is 0 Å². The molecule has 8 N–H and O–H groups in total. The molecule has 1 unspecified atom stereocenters. The van der Waals surface area contributed by atoms with Gasteiger partial charge in [0, 0.05) is 53.7 Å². The van der Waals surface area contributed by atoms with E-state index in [0.29, 0.717) is 51.4 Å². The first-order valence-corrected chi connectivity index (χ1v) is 19.7. The molecule has 4 aromatic heterocycles. The highest BCUT2D eigenvalue weighted by Crippen LogP contribution is 2.30. The predicted molar refractivity (Wildman–Crippen MR) is 245 cm³/mol. The summed E-state index contributed by atoms with van der Waals surface area (Å²) in [6.45, 7) is 7.11. The Morgan fingerprint density at radius 1 is 0.697 bits per heavy atom. The summed E-state index contributed by atoms with van der Waals surface area (Å²) in [5, 5.41) is 24.4. The number of ether oxygens (including phenoxy) is 4. The van der Waals surface area contributed by atoms with Crippen molar-refractivity contribution in [3.8, 4) is 34.9 Å². The number of aliphatic hydroxyl groups excluding tert-OH is 1. The summed E-state index contributed by atoms with van der Waals surface area (Å²) in [7, 11) is 1.52. The number of methoxy groups -OCH3 is 1. The van der Waals surface area contributed by atoms with Gasteiger partial charge >= 0.3 is 0 Å². The van der Waals surface area contributed by atoms with Crippen molar-refractivity contribution < 1.29 is 38.4 Å². The number of primary amides is 1. The average molecular weight is 889 g/mol. The normalized spacial score (nSPS) is 10.9. The number of nitrogens with one attached hydrogen (secondary N) is 5. The van der Waals surface area contributed by atoms with Gasteiger partial charge in [-0.1, -0.05) is 37.4 Å². The van der Waals surface area contributed by atoms with Gasteiger partial charge in [-0.05, 0) is 60.2 Å². The van der Waals surface area contributed by atoms with Crippen LogP contribution in [0, 0.1) is 0 Å². The molecule has 0 aliphatic heterocycles. The third kappa shape index (κ3) is 12.1. The minimum absolute atomic E-state index is 0.0207. The number of nitrogens with zero attached hydrogens (tertiary/aromatic N) is 6. The van der Waals surface area contributed by atoms with Crippen LogP contribution >= 0.6 is 0 Å². The Labute approximate surface area is 376 Å². The van der Waals surface area contributed by atoms with Crippen molar-refractivity contribution in [2.24, 2.45) is 5.73 Å². The number of aromatic nitrogens is 6. The van der Waals surface area contributed by atoms with Crippen LogP contribution < -0.4 is 51.3 Å². The fraction of sp³-hybridized carbons (Fsp3) is 0.0652. The smallest absolute Gasteiger partial charge is 0.262 e. The maximum atomic E-state index is 13.8. The van der Waals surface area contributed by atoms with Crippen LogP contribution in [-0.4, -0.2) is 66.1 Å². The van der Waals surface area contributed by atoms with Gasteiger partial charge < -0.3 is 56.4 Å². The van der Waals surface area contributed by atoms with Gasteiger partial charge in [0.05, 0.1) is 37.1 Å². The molecule has 0 bridgehead atoms. The number of nitrogens with two attached hydrogens (primary N) is 1. The quantitative estimate of drug-likeness (QED) is 0.0228. The van der Waals surface area contributed by atoms with Crippen LogP contribution in [0.3, 0.4) is 0 Å². The van der Waals surface area contributed by atoms with Crippen molar-refractivity contribution >= 4 is 58.1 Å². The number of benzene rings is 3. The van der Waals surface area contributed by atoms with E-state index in [9.17, 15) is 19.5 Å². The zero-order valence-corrected chi connectivity index (χ0v) is 35.0. The van der Waals surface area contributed by atoms with Gasteiger partial charge in [-0.25, -0.2) is 15.0 Å². The molecule has 332 valence electrons.